The van der Waals surface area contributed by atoms with Gasteiger partial charge in [0.05, 0.1) is 24.3 Å². The number of hydrogen-bond acceptors (Lipinski definition) is 7. The van der Waals surface area contributed by atoms with Crippen LogP contribution in [0.3, 0.4) is 0 Å². The Balaban J connectivity index is 1.09. The maximum atomic E-state index is 15.4. The number of phenolic OH excluding ortho intramolecular Hbond substituents is 1. The molecule has 4 aromatic carbocycles. The molecule has 0 spiro atoms. The molecule has 0 radical (unpaired) electrons. The number of rotatable bonds is 7. The molecular formula is C48H49N5O6. The Morgan fingerprint density at radius 1 is 0.831 bits per heavy atom. The van der Waals surface area contributed by atoms with E-state index < -0.39 is 0 Å². The van der Waals surface area contributed by atoms with Crippen molar-refractivity contribution >= 4 is 34.1 Å². The lowest BCUT2D eigenvalue weighted by molar-refractivity contribution is -0.0472. The Labute approximate surface area is 343 Å². The van der Waals surface area contributed by atoms with E-state index in [0.29, 0.717) is 60.2 Å². The van der Waals surface area contributed by atoms with E-state index in [9.17, 15) is 5.11 Å². The second-order valence-corrected chi connectivity index (χ2v) is 16.6. The standard InChI is InChI=1S/C48H49N5O6/c1-30-27-57-28-31(2)51(30)26-37-20-32-8-4-5-9-34(32)25-52(37)47(55)40-24-46-45(58-29-59-46)23-39(40)44-22-41(43-10-6-7-18-50(43)44)48(56)53(35-11-14-38(54)15-12-35)36-13-16-42-33(21-36)17-19-49(42)3/h4-5,8-9,11-17,19,21-24,30-31,37,54H,6-7,10,18,20,25-29H2,1-3H3/t30-,31-,37-/m0/s1. The summed E-state index contributed by atoms with van der Waals surface area (Å²) in [6.07, 6.45) is 5.37. The Morgan fingerprint density at radius 3 is 2.37 bits per heavy atom. The molecule has 2 amide bonds. The molecule has 302 valence electrons. The van der Waals surface area contributed by atoms with Crippen LogP contribution in [0.1, 0.15) is 64.2 Å². The first-order chi connectivity index (χ1) is 28.7. The highest BCUT2D eigenvalue weighted by Crippen LogP contribution is 2.43. The predicted molar refractivity (Wildman–Crippen MR) is 227 cm³/mol. The van der Waals surface area contributed by atoms with E-state index >= 15 is 9.59 Å². The SMILES string of the molecule is C[C@H]1COC[C@H](C)N1C[C@@H]1Cc2ccccc2CN1C(=O)c1cc2c(cc1-c1cc(C(=O)N(c3ccc(O)cc3)c3ccc4c(ccn4C)c3)c3n1CCCC3)OCO2. The Hall–Kier alpha value is -6.04. The summed E-state index contributed by atoms with van der Waals surface area (Å²) in [4.78, 5) is 36.9. The zero-order chi connectivity index (χ0) is 40.4. The number of morpholine rings is 1. The van der Waals surface area contributed by atoms with Gasteiger partial charge in [0, 0.05) is 90.2 Å². The van der Waals surface area contributed by atoms with Crippen molar-refractivity contribution in [1.29, 1.82) is 0 Å². The second-order valence-electron chi connectivity index (χ2n) is 16.6. The first-order valence-electron chi connectivity index (χ1n) is 20.8. The van der Waals surface area contributed by atoms with Crippen molar-refractivity contribution in [3.8, 4) is 28.5 Å². The molecule has 1 fully saturated rings. The molecule has 11 nitrogen and oxygen atoms in total. The van der Waals surface area contributed by atoms with Crippen molar-refractivity contribution in [2.45, 2.75) is 70.7 Å². The molecule has 4 aliphatic heterocycles. The van der Waals surface area contributed by atoms with E-state index in [1.807, 2.05) is 61.8 Å². The van der Waals surface area contributed by atoms with Gasteiger partial charge in [0.15, 0.2) is 11.5 Å². The maximum Gasteiger partial charge on any atom is 0.264 e. The van der Waals surface area contributed by atoms with Crippen LogP contribution >= 0.6 is 0 Å². The maximum absolute atomic E-state index is 15.4. The molecule has 10 rings (SSSR count). The lowest BCUT2D eigenvalue weighted by atomic mass is 9.91. The average molecular weight is 792 g/mol. The van der Waals surface area contributed by atoms with Crippen LogP contribution < -0.4 is 14.4 Å². The van der Waals surface area contributed by atoms with Gasteiger partial charge in [-0.05, 0) is 117 Å². The van der Waals surface area contributed by atoms with E-state index in [0.717, 1.165) is 65.8 Å². The molecule has 2 aromatic heterocycles. The normalized spacial score (nSPS) is 20.1. The molecule has 0 unspecified atom stereocenters. The van der Waals surface area contributed by atoms with Gasteiger partial charge in [0.2, 0.25) is 6.79 Å². The van der Waals surface area contributed by atoms with Gasteiger partial charge in [-0.3, -0.25) is 19.4 Å². The molecule has 3 atom stereocenters. The fourth-order valence-electron chi connectivity index (χ4n) is 9.71. The number of aromatic nitrogens is 2. The third-order valence-corrected chi connectivity index (χ3v) is 12.8. The summed E-state index contributed by atoms with van der Waals surface area (Å²) in [5, 5.41) is 11.2. The number of carbonyl (C=O) groups is 2. The van der Waals surface area contributed by atoms with Crippen LogP contribution in [-0.4, -0.2) is 80.5 Å². The van der Waals surface area contributed by atoms with Crippen LogP contribution in [0.2, 0.25) is 0 Å². The molecule has 0 bridgehead atoms. The van der Waals surface area contributed by atoms with Crippen LogP contribution in [0, 0.1) is 0 Å². The van der Waals surface area contributed by atoms with Gasteiger partial charge in [-0.25, -0.2) is 0 Å². The number of amides is 2. The van der Waals surface area contributed by atoms with Gasteiger partial charge >= 0.3 is 0 Å². The fourth-order valence-corrected chi connectivity index (χ4v) is 9.71. The van der Waals surface area contributed by atoms with Crippen LogP contribution in [0.4, 0.5) is 11.4 Å². The first-order valence-corrected chi connectivity index (χ1v) is 20.8. The molecular weight excluding hydrogens is 743 g/mol. The number of ether oxygens (including phenoxy) is 3. The zero-order valence-corrected chi connectivity index (χ0v) is 33.8. The van der Waals surface area contributed by atoms with Gasteiger partial charge < -0.3 is 33.4 Å². The summed E-state index contributed by atoms with van der Waals surface area (Å²) in [5.74, 6) is 0.981. The zero-order valence-electron chi connectivity index (χ0n) is 33.8. The largest absolute Gasteiger partial charge is 0.508 e. The van der Waals surface area contributed by atoms with E-state index in [-0.39, 0.29) is 42.5 Å². The molecule has 1 saturated heterocycles. The van der Waals surface area contributed by atoms with Gasteiger partial charge in [0.1, 0.15) is 5.75 Å². The summed E-state index contributed by atoms with van der Waals surface area (Å²) in [5.41, 5.74) is 8.41. The van der Waals surface area contributed by atoms with Crippen molar-refractivity contribution in [3.05, 3.63) is 125 Å². The number of phenols is 1. The van der Waals surface area contributed by atoms with Crippen LogP contribution in [0.25, 0.3) is 22.2 Å². The molecule has 0 aliphatic carbocycles. The number of anilines is 2. The Morgan fingerprint density at radius 2 is 1.58 bits per heavy atom. The monoisotopic (exact) mass is 791 g/mol. The second kappa shape index (κ2) is 15.0. The lowest BCUT2D eigenvalue weighted by Gasteiger charge is -2.45. The molecule has 6 aromatic rings. The predicted octanol–water partition coefficient (Wildman–Crippen LogP) is 8.07. The van der Waals surface area contributed by atoms with Crippen molar-refractivity contribution in [2.75, 3.05) is 31.5 Å². The number of aromatic hydroxyl groups is 1. The van der Waals surface area contributed by atoms with Crippen molar-refractivity contribution in [1.82, 2.24) is 18.9 Å². The van der Waals surface area contributed by atoms with Gasteiger partial charge in [0.25, 0.3) is 11.8 Å². The van der Waals surface area contributed by atoms with Gasteiger partial charge in [-0.1, -0.05) is 24.3 Å². The molecule has 6 heterocycles. The summed E-state index contributed by atoms with van der Waals surface area (Å²) in [6.45, 7) is 7.73. The molecule has 0 saturated carbocycles. The van der Waals surface area contributed by atoms with Crippen LogP contribution in [-0.2, 0) is 37.7 Å². The minimum absolute atomic E-state index is 0.0714. The number of hydrogen-bond donors (Lipinski definition) is 1. The van der Waals surface area contributed by atoms with Crippen LogP contribution in [0.5, 0.6) is 17.2 Å². The van der Waals surface area contributed by atoms with Crippen molar-refractivity contribution in [2.24, 2.45) is 7.05 Å². The van der Waals surface area contributed by atoms with Gasteiger partial charge in [-0.15, -0.1) is 0 Å². The van der Waals surface area contributed by atoms with Crippen molar-refractivity contribution in [3.63, 3.8) is 0 Å². The summed E-state index contributed by atoms with van der Waals surface area (Å²) in [7, 11) is 2.00. The molecule has 59 heavy (non-hydrogen) atoms. The number of nitrogens with zero attached hydrogens (tertiary/aromatic N) is 5. The highest BCUT2D eigenvalue weighted by atomic mass is 16.7. The Bertz CT molecular complexity index is 2580. The molecule has 11 heteroatoms. The number of carbonyl (C=O) groups excluding carboxylic acids is 2. The Kier molecular flexibility index (Phi) is 9.45. The summed E-state index contributed by atoms with van der Waals surface area (Å²) >= 11 is 0. The lowest BCUT2D eigenvalue weighted by Crippen LogP contribution is -2.57. The first kappa shape index (κ1) is 37.2. The van der Waals surface area contributed by atoms with E-state index in [1.54, 1.807) is 29.2 Å². The third-order valence-electron chi connectivity index (χ3n) is 12.8. The molecule has 1 N–H and O–H groups in total. The van der Waals surface area contributed by atoms with Crippen molar-refractivity contribution < 1.29 is 28.9 Å². The summed E-state index contributed by atoms with van der Waals surface area (Å²) < 4.78 is 22.1. The van der Waals surface area contributed by atoms with Crippen LogP contribution in [0.15, 0.2) is 97.2 Å². The number of aryl methyl sites for hydroxylation is 1. The third kappa shape index (κ3) is 6.62. The number of benzene rings is 4. The van der Waals surface area contributed by atoms with E-state index in [4.69, 9.17) is 14.2 Å². The highest BCUT2D eigenvalue weighted by Gasteiger charge is 2.38. The smallest absolute Gasteiger partial charge is 0.264 e. The minimum atomic E-state index is -0.182. The highest BCUT2D eigenvalue weighted by molar-refractivity contribution is 6.13. The summed E-state index contributed by atoms with van der Waals surface area (Å²) in [6, 6.07) is 29.4. The molecule has 4 aliphatic rings. The average Bonchev–Trinajstić information content (AvgIpc) is 3.98. The minimum Gasteiger partial charge on any atom is -0.508 e. The fraction of sp³-hybridized carbons (Fsp3) is 0.333. The topological polar surface area (TPSA) is 102 Å². The van der Waals surface area contributed by atoms with E-state index in [1.165, 1.54) is 5.56 Å². The number of fused-ring (bicyclic) bond motifs is 4. The van der Waals surface area contributed by atoms with Gasteiger partial charge in [-0.2, -0.15) is 0 Å². The van der Waals surface area contributed by atoms with E-state index in [2.05, 4.69) is 51.0 Å². The quantitative estimate of drug-likeness (QED) is 0.175.